The summed E-state index contributed by atoms with van der Waals surface area (Å²) in [5, 5.41) is 7.60. The van der Waals surface area contributed by atoms with Crippen molar-refractivity contribution in [2.24, 2.45) is 0 Å². The molecule has 0 saturated carbocycles. The van der Waals surface area contributed by atoms with Crippen molar-refractivity contribution in [1.29, 1.82) is 0 Å². The fraction of sp³-hybridized carbons (Fsp3) is 0.304. The summed E-state index contributed by atoms with van der Waals surface area (Å²) in [4.78, 5) is 12.5. The lowest BCUT2D eigenvalue weighted by molar-refractivity contribution is -0.120. The molecule has 2 heterocycles. The van der Waals surface area contributed by atoms with Gasteiger partial charge in [-0.1, -0.05) is 32.9 Å². The third kappa shape index (κ3) is 4.30. The summed E-state index contributed by atoms with van der Waals surface area (Å²) in [7, 11) is 0. The van der Waals surface area contributed by atoms with Gasteiger partial charge in [-0.15, -0.1) is 0 Å². The second kappa shape index (κ2) is 7.82. The molecule has 0 spiro atoms. The molecule has 0 bridgehead atoms. The van der Waals surface area contributed by atoms with Gasteiger partial charge in [-0.05, 0) is 42.0 Å². The molecule has 1 aliphatic rings. The van der Waals surface area contributed by atoms with Crippen LogP contribution >= 0.6 is 0 Å². The first kappa shape index (κ1) is 19.9. The SMILES string of the molecule is CC(C)(C)c1cc(CNC(=O)Cc2ccc3c(c2)OCO3)n(-c2cccc(F)c2)n1. The maximum absolute atomic E-state index is 13.7. The van der Waals surface area contributed by atoms with Gasteiger partial charge in [0.1, 0.15) is 5.82 Å². The number of halogens is 1. The van der Waals surface area contributed by atoms with E-state index in [0.717, 1.165) is 17.0 Å². The van der Waals surface area contributed by atoms with E-state index in [1.165, 1.54) is 12.1 Å². The first-order valence-electron chi connectivity index (χ1n) is 9.80. The molecule has 2 aromatic carbocycles. The average molecular weight is 409 g/mol. The maximum atomic E-state index is 13.7. The van der Waals surface area contributed by atoms with E-state index in [2.05, 4.69) is 31.2 Å². The molecule has 0 saturated heterocycles. The summed E-state index contributed by atoms with van der Waals surface area (Å²) < 4.78 is 26.1. The van der Waals surface area contributed by atoms with Crippen LogP contribution in [-0.2, 0) is 23.2 Å². The monoisotopic (exact) mass is 409 g/mol. The van der Waals surface area contributed by atoms with Gasteiger partial charge >= 0.3 is 0 Å². The minimum atomic E-state index is -0.335. The molecule has 4 rings (SSSR count). The summed E-state index contributed by atoms with van der Waals surface area (Å²) >= 11 is 0. The summed E-state index contributed by atoms with van der Waals surface area (Å²) in [6, 6.07) is 13.7. The molecule has 0 atom stereocenters. The topological polar surface area (TPSA) is 65.4 Å². The zero-order valence-corrected chi connectivity index (χ0v) is 17.2. The number of rotatable bonds is 5. The predicted molar refractivity (Wildman–Crippen MR) is 110 cm³/mol. The van der Waals surface area contributed by atoms with E-state index in [-0.39, 0.29) is 36.9 Å². The van der Waals surface area contributed by atoms with Gasteiger partial charge in [0.05, 0.1) is 30.0 Å². The average Bonchev–Trinajstić information content (AvgIpc) is 3.32. The second-order valence-electron chi connectivity index (χ2n) is 8.30. The molecule has 7 heteroatoms. The maximum Gasteiger partial charge on any atom is 0.231 e. The molecule has 0 aliphatic carbocycles. The van der Waals surface area contributed by atoms with Gasteiger partial charge in [-0.25, -0.2) is 9.07 Å². The van der Waals surface area contributed by atoms with Crippen molar-refractivity contribution >= 4 is 5.91 Å². The van der Waals surface area contributed by atoms with Crippen LogP contribution in [0.4, 0.5) is 4.39 Å². The molecular weight excluding hydrogens is 385 g/mol. The minimum absolute atomic E-state index is 0.127. The minimum Gasteiger partial charge on any atom is -0.454 e. The summed E-state index contributed by atoms with van der Waals surface area (Å²) in [6.07, 6.45) is 0.219. The Morgan fingerprint density at radius 1 is 1.13 bits per heavy atom. The van der Waals surface area contributed by atoms with Gasteiger partial charge in [0.15, 0.2) is 11.5 Å². The zero-order chi connectivity index (χ0) is 21.3. The molecule has 3 aromatic rings. The van der Waals surface area contributed by atoms with Gasteiger partial charge in [0.25, 0.3) is 0 Å². The highest BCUT2D eigenvalue weighted by molar-refractivity contribution is 5.78. The lowest BCUT2D eigenvalue weighted by Gasteiger charge is -2.14. The summed E-state index contributed by atoms with van der Waals surface area (Å²) in [6.45, 7) is 6.67. The van der Waals surface area contributed by atoms with Crippen molar-refractivity contribution in [3.8, 4) is 17.2 Å². The van der Waals surface area contributed by atoms with Gasteiger partial charge in [0, 0.05) is 5.41 Å². The van der Waals surface area contributed by atoms with Crippen LogP contribution in [0.15, 0.2) is 48.5 Å². The van der Waals surface area contributed by atoms with Crippen molar-refractivity contribution in [2.75, 3.05) is 6.79 Å². The van der Waals surface area contributed by atoms with Crippen LogP contribution in [0.1, 0.15) is 37.7 Å². The van der Waals surface area contributed by atoms with E-state index in [1.54, 1.807) is 22.9 Å². The number of carbonyl (C=O) groups excluding carboxylic acids is 1. The van der Waals surface area contributed by atoms with Gasteiger partial charge < -0.3 is 14.8 Å². The zero-order valence-electron chi connectivity index (χ0n) is 17.2. The number of hydrogen-bond acceptors (Lipinski definition) is 4. The molecule has 156 valence electrons. The van der Waals surface area contributed by atoms with Gasteiger partial charge in [-0.2, -0.15) is 5.10 Å². The number of amides is 1. The Labute approximate surface area is 174 Å². The fourth-order valence-corrected chi connectivity index (χ4v) is 3.23. The number of ether oxygens (including phenoxy) is 2. The quantitative estimate of drug-likeness (QED) is 0.694. The lowest BCUT2D eigenvalue weighted by Crippen LogP contribution is -2.25. The van der Waals surface area contributed by atoms with E-state index in [0.29, 0.717) is 17.2 Å². The Morgan fingerprint density at radius 3 is 2.70 bits per heavy atom. The van der Waals surface area contributed by atoms with Crippen molar-refractivity contribution in [3.05, 3.63) is 71.3 Å². The number of fused-ring (bicyclic) bond motifs is 1. The first-order valence-corrected chi connectivity index (χ1v) is 9.80. The highest BCUT2D eigenvalue weighted by atomic mass is 19.1. The van der Waals surface area contributed by atoms with Crippen LogP contribution < -0.4 is 14.8 Å². The molecule has 1 N–H and O–H groups in total. The van der Waals surface area contributed by atoms with Crippen molar-refractivity contribution < 1.29 is 18.7 Å². The number of aromatic nitrogens is 2. The van der Waals surface area contributed by atoms with Gasteiger partial charge in [0.2, 0.25) is 12.7 Å². The van der Waals surface area contributed by atoms with Crippen LogP contribution in [0.3, 0.4) is 0 Å². The van der Waals surface area contributed by atoms with E-state index in [4.69, 9.17) is 9.47 Å². The molecule has 1 aliphatic heterocycles. The number of nitrogens with zero attached hydrogens (tertiary/aromatic N) is 2. The second-order valence-corrected chi connectivity index (χ2v) is 8.30. The summed E-state index contributed by atoms with van der Waals surface area (Å²) in [5.41, 5.74) is 2.93. The van der Waals surface area contributed by atoms with Crippen LogP contribution in [0.2, 0.25) is 0 Å². The van der Waals surface area contributed by atoms with Crippen LogP contribution in [0.5, 0.6) is 11.5 Å². The smallest absolute Gasteiger partial charge is 0.231 e. The first-order chi connectivity index (χ1) is 14.3. The standard InChI is InChI=1S/C23H24FN3O3/c1-23(2,3)21-12-18(27(26-21)17-6-4-5-16(24)11-17)13-25-22(28)10-15-7-8-19-20(9-15)30-14-29-19/h4-9,11-12H,10,13-14H2,1-3H3,(H,25,28). The predicted octanol–water partition coefficient (Wildman–Crippen LogP) is 3.90. The van der Waals surface area contributed by atoms with Crippen LogP contribution in [0.25, 0.3) is 5.69 Å². The number of benzene rings is 2. The normalized spacial score (nSPS) is 12.8. The molecule has 6 nitrogen and oxygen atoms in total. The van der Waals surface area contributed by atoms with E-state index in [1.807, 2.05) is 18.2 Å². The molecular formula is C23H24FN3O3. The van der Waals surface area contributed by atoms with Crippen molar-refractivity contribution in [3.63, 3.8) is 0 Å². The number of carbonyl (C=O) groups is 1. The van der Waals surface area contributed by atoms with Crippen LogP contribution in [-0.4, -0.2) is 22.5 Å². The van der Waals surface area contributed by atoms with E-state index < -0.39 is 0 Å². The van der Waals surface area contributed by atoms with Crippen LogP contribution in [0, 0.1) is 5.82 Å². The molecule has 1 aromatic heterocycles. The fourth-order valence-electron chi connectivity index (χ4n) is 3.23. The Bertz CT molecular complexity index is 1090. The Kier molecular flexibility index (Phi) is 5.20. The summed E-state index contributed by atoms with van der Waals surface area (Å²) in [5.74, 6) is 0.878. The lowest BCUT2D eigenvalue weighted by atomic mass is 9.92. The molecule has 1 amide bonds. The Morgan fingerprint density at radius 2 is 1.93 bits per heavy atom. The molecule has 0 unspecified atom stereocenters. The Balaban J connectivity index is 1.50. The Hall–Kier alpha value is -3.35. The third-order valence-corrected chi connectivity index (χ3v) is 4.87. The van der Waals surface area contributed by atoms with Crippen molar-refractivity contribution in [2.45, 2.75) is 39.2 Å². The van der Waals surface area contributed by atoms with E-state index in [9.17, 15) is 9.18 Å². The van der Waals surface area contributed by atoms with Gasteiger partial charge in [-0.3, -0.25) is 4.79 Å². The third-order valence-electron chi connectivity index (χ3n) is 4.87. The number of nitrogens with one attached hydrogen (secondary N) is 1. The largest absolute Gasteiger partial charge is 0.454 e. The molecule has 0 fully saturated rings. The van der Waals surface area contributed by atoms with E-state index >= 15 is 0 Å². The molecule has 0 radical (unpaired) electrons. The highest BCUT2D eigenvalue weighted by Gasteiger charge is 2.21. The number of hydrogen-bond donors (Lipinski definition) is 1. The van der Waals surface area contributed by atoms with Crippen molar-refractivity contribution in [1.82, 2.24) is 15.1 Å². The molecule has 30 heavy (non-hydrogen) atoms. The highest BCUT2D eigenvalue weighted by Crippen LogP contribution is 2.32.